The maximum absolute atomic E-state index is 12.6. The molecule has 0 saturated heterocycles. The molecule has 0 aliphatic heterocycles. The number of anilines is 1. The number of fused-ring (bicyclic) bond motifs is 2. The Kier molecular flexibility index (Phi) is 4.63. The predicted octanol–water partition coefficient (Wildman–Crippen LogP) is 3.09. The summed E-state index contributed by atoms with van der Waals surface area (Å²) in [5, 5.41) is 7.57. The number of aromatic nitrogens is 3. The molecule has 1 unspecified atom stereocenters. The number of carbonyl (C=O) groups excluding carboxylic acids is 1. The number of nitrogens with one attached hydrogen (secondary N) is 2. The molecule has 29 heavy (non-hydrogen) atoms. The van der Waals surface area contributed by atoms with Crippen molar-refractivity contribution in [3.63, 3.8) is 0 Å². The summed E-state index contributed by atoms with van der Waals surface area (Å²) in [6.45, 7) is 0. The second-order valence-corrected chi connectivity index (χ2v) is 8.53. The van der Waals surface area contributed by atoms with Crippen molar-refractivity contribution in [3.05, 3.63) is 65.1 Å². The maximum Gasteiger partial charge on any atom is 0.331 e. The zero-order valence-corrected chi connectivity index (χ0v) is 16.7. The molecule has 1 aromatic carbocycles. The Labute approximate surface area is 171 Å². The van der Waals surface area contributed by atoms with Crippen LogP contribution in [0.25, 0.3) is 5.69 Å². The molecule has 5 rings (SSSR count). The van der Waals surface area contributed by atoms with Crippen LogP contribution in [-0.2, 0) is 36.7 Å². The van der Waals surface area contributed by atoms with Gasteiger partial charge in [-0.25, -0.2) is 13.7 Å². The quantitative estimate of drug-likeness (QED) is 0.696. The highest BCUT2D eigenvalue weighted by atomic mass is 32.2. The molecule has 7 nitrogen and oxygen atoms in total. The lowest BCUT2D eigenvalue weighted by Gasteiger charge is -2.16. The van der Waals surface area contributed by atoms with Gasteiger partial charge < -0.3 is 5.32 Å². The smallest absolute Gasteiger partial charge is 0.307 e. The van der Waals surface area contributed by atoms with E-state index in [2.05, 4.69) is 26.2 Å². The van der Waals surface area contributed by atoms with Gasteiger partial charge in [0.2, 0.25) is 0 Å². The van der Waals surface area contributed by atoms with Crippen LogP contribution in [0.3, 0.4) is 0 Å². The van der Waals surface area contributed by atoms with Gasteiger partial charge in [0.15, 0.2) is 16.0 Å². The number of benzene rings is 1. The minimum atomic E-state index is -1.75. The lowest BCUT2D eigenvalue weighted by Crippen LogP contribution is -2.31. The van der Waals surface area contributed by atoms with E-state index in [0.717, 1.165) is 49.9 Å². The summed E-state index contributed by atoms with van der Waals surface area (Å²) in [7, 11) is -1.75. The highest BCUT2D eigenvalue weighted by Gasteiger charge is 2.25. The highest BCUT2D eigenvalue weighted by Crippen LogP contribution is 2.38. The third-order valence-corrected chi connectivity index (χ3v) is 6.53. The number of hydrogen-bond donors (Lipinski definition) is 2. The maximum atomic E-state index is 12.6. The number of aryl methyl sites for hydroxylation is 2. The van der Waals surface area contributed by atoms with Crippen LogP contribution in [0.15, 0.2) is 47.9 Å². The van der Waals surface area contributed by atoms with Gasteiger partial charge in [-0.3, -0.25) is 9.71 Å². The number of rotatable bonds is 4. The number of hydrogen-bond acceptors (Lipinski definition) is 4. The normalized spacial score (nSPS) is 15.6. The summed E-state index contributed by atoms with van der Waals surface area (Å²) >= 11 is 0. The Balaban J connectivity index is 1.32. The number of urea groups is 1. The summed E-state index contributed by atoms with van der Waals surface area (Å²) < 4.78 is 16.7. The number of amides is 2. The van der Waals surface area contributed by atoms with Crippen molar-refractivity contribution >= 4 is 22.7 Å². The van der Waals surface area contributed by atoms with Crippen molar-refractivity contribution in [2.75, 3.05) is 5.32 Å². The van der Waals surface area contributed by atoms with Crippen LogP contribution in [0, 0.1) is 0 Å². The average molecular weight is 407 g/mol. The first-order valence-electron chi connectivity index (χ1n) is 9.81. The molecular weight excluding hydrogens is 386 g/mol. The van der Waals surface area contributed by atoms with Gasteiger partial charge >= 0.3 is 6.03 Å². The summed E-state index contributed by atoms with van der Waals surface area (Å²) in [6.07, 6.45) is 11.4. The van der Waals surface area contributed by atoms with Gasteiger partial charge in [0, 0.05) is 18.1 Å². The van der Waals surface area contributed by atoms with Gasteiger partial charge in [0.25, 0.3) is 0 Å². The molecule has 0 spiro atoms. The van der Waals surface area contributed by atoms with Crippen molar-refractivity contribution in [2.24, 2.45) is 0 Å². The topological polar surface area (TPSA) is 88.9 Å². The molecule has 2 aromatic heterocycles. The molecular formula is C21H21N5O2S. The van der Waals surface area contributed by atoms with Gasteiger partial charge in [-0.1, -0.05) is 6.07 Å². The van der Waals surface area contributed by atoms with E-state index in [0.29, 0.717) is 0 Å². The monoisotopic (exact) mass is 407 g/mol. The molecule has 2 aliphatic rings. The molecule has 2 heterocycles. The van der Waals surface area contributed by atoms with E-state index in [9.17, 15) is 9.00 Å². The van der Waals surface area contributed by atoms with Crippen LogP contribution in [0.5, 0.6) is 0 Å². The van der Waals surface area contributed by atoms with Gasteiger partial charge in [-0.05, 0) is 79.0 Å². The number of pyridine rings is 1. The zero-order valence-electron chi connectivity index (χ0n) is 15.9. The Morgan fingerprint density at radius 2 is 1.83 bits per heavy atom. The third kappa shape index (κ3) is 3.44. The first-order valence-corrected chi connectivity index (χ1v) is 11.0. The summed E-state index contributed by atoms with van der Waals surface area (Å²) in [5.74, 6) is 0. The molecule has 0 radical (unpaired) electrons. The van der Waals surface area contributed by atoms with Crippen molar-refractivity contribution in [2.45, 2.75) is 43.6 Å². The Morgan fingerprint density at radius 3 is 2.52 bits per heavy atom. The molecule has 1 atom stereocenters. The fraction of sp³-hybridized carbons (Fsp3) is 0.286. The zero-order chi connectivity index (χ0) is 19.8. The Bertz CT molecular complexity index is 1080. The Morgan fingerprint density at radius 1 is 1.07 bits per heavy atom. The fourth-order valence-electron chi connectivity index (χ4n) is 4.28. The van der Waals surface area contributed by atoms with E-state index in [1.54, 1.807) is 35.4 Å². The van der Waals surface area contributed by atoms with E-state index < -0.39 is 17.0 Å². The first-order chi connectivity index (χ1) is 14.2. The van der Waals surface area contributed by atoms with E-state index in [1.165, 1.54) is 22.3 Å². The van der Waals surface area contributed by atoms with Crippen LogP contribution in [-0.4, -0.2) is 25.0 Å². The molecule has 148 valence electrons. The molecule has 2 amide bonds. The second kappa shape index (κ2) is 7.44. The molecule has 0 bridgehead atoms. The van der Waals surface area contributed by atoms with Gasteiger partial charge in [-0.15, -0.1) is 0 Å². The Hall–Kier alpha value is -3.00. The van der Waals surface area contributed by atoms with Crippen LogP contribution in [0.4, 0.5) is 10.5 Å². The lowest BCUT2D eigenvalue weighted by atomic mass is 9.99. The predicted molar refractivity (Wildman–Crippen MR) is 110 cm³/mol. The fourth-order valence-corrected chi connectivity index (χ4v) is 4.95. The lowest BCUT2D eigenvalue weighted by molar-refractivity contribution is 0.257. The molecule has 8 heteroatoms. The standard InChI is InChI=1S/C21H21N5O2S/c27-21(23-20-17-7-1-4-14(17)12-15-5-2-8-18(15)20)25-29(28)19-9-11-26(24-19)16-6-3-10-22-13-16/h3,6,9-13H,1-2,4-5,7-8H2,(H2,23,25,27). The number of nitrogens with zero attached hydrogens (tertiary/aromatic N) is 3. The van der Waals surface area contributed by atoms with Crippen molar-refractivity contribution in [1.82, 2.24) is 19.5 Å². The SMILES string of the molecule is O=C(Nc1c2c(cc3c1CCC3)CCC2)NS(=O)c1ccn(-c2cccnc2)n1. The van der Waals surface area contributed by atoms with Crippen LogP contribution >= 0.6 is 0 Å². The molecule has 2 N–H and O–H groups in total. The van der Waals surface area contributed by atoms with Crippen LogP contribution < -0.4 is 10.0 Å². The van der Waals surface area contributed by atoms with Crippen LogP contribution in [0.1, 0.15) is 35.1 Å². The van der Waals surface area contributed by atoms with Gasteiger partial charge in [0.1, 0.15) is 0 Å². The summed E-state index contributed by atoms with van der Waals surface area (Å²) in [6, 6.07) is 7.13. The molecule has 0 fully saturated rings. The van der Waals surface area contributed by atoms with E-state index >= 15 is 0 Å². The van der Waals surface area contributed by atoms with E-state index in [1.807, 2.05) is 6.07 Å². The summed E-state index contributed by atoms with van der Waals surface area (Å²) in [4.78, 5) is 16.7. The van der Waals surface area contributed by atoms with Gasteiger partial charge in [-0.2, -0.15) is 5.10 Å². The van der Waals surface area contributed by atoms with E-state index in [-0.39, 0.29) is 5.03 Å². The van der Waals surface area contributed by atoms with Crippen molar-refractivity contribution < 1.29 is 9.00 Å². The first kappa shape index (κ1) is 18.1. The van der Waals surface area contributed by atoms with Crippen molar-refractivity contribution in [3.8, 4) is 5.69 Å². The third-order valence-electron chi connectivity index (χ3n) is 5.56. The van der Waals surface area contributed by atoms with Crippen LogP contribution in [0.2, 0.25) is 0 Å². The van der Waals surface area contributed by atoms with Crippen molar-refractivity contribution in [1.29, 1.82) is 0 Å². The largest absolute Gasteiger partial charge is 0.331 e. The molecule has 2 aliphatic carbocycles. The molecule has 3 aromatic rings. The highest BCUT2D eigenvalue weighted by molar-refractivity contribution is 7.83. The summed E-state index contributed by atoms with van der Waals surface area (Å²) in [5.41, 5.74) is 6.87. The van der Waals surface area contributed by atoms with E-state index in [4.69, 9.17) is 0 Å². The second-order valence-electron chi connectivity index (χ2n) is 7.37. The average Bonchev–Trinajstić information content (AvgIpc) is 3.48. The molecule has 0 saturated carbocycles. The minimum absolute atomic E-state index is 0.285. The number of carbonyl (C=O) groups is 1. The van der Waals surface area contributed by atoms with Gasteiger partial charge in [0.05, 0.1) is 11.9 Å². The minimum Gasteiger partial charge on any atom is -0.307 e.